The topological polar surface area (TPSA) is 53.4 Å². The molecule has 0 spiro atoms. The predicted molar refractivity (Wildman–Crippen MR) is 108 cm³/mol. The highest BCUT2D eigenvalue weighted by molar-refractivity contribution is 6.30. The molecule has 4 rings (SSSR count). The molecule has 0 saturated heterocycles. The minimum Gasteiger partial charge on any atom is -0.296 e. The third kappa shape index (κ3) is 3.98. The minimum atomic E-state index is -0.255. The molecule has 4 aromatic rings. The van der Waals surface area contributed by atoms with Gasteiger partial charge in [-0.25, -0.2) is 13.9 Å². The van der Waals surface area contributed by atoms with Crippen molar-refractivity contribution in [2.75, 3.05) is 7.05 Å². The lowest BCUT2D eigenvalue weighted by Crippen LogP contribution is -2.21. The van der Waals surface area contributed by atoms with Gasteiger partial charge in [-0.1, -0.05) is 35.9 Å². The van der Waals surface area contributed by atoms with Gasteiger partial charge < -0.3 is 0 Å². The highest BCUT2D eigenvalue weighted by Gasteiger charge is 2.10. The maximum atomic E-state index is 13.0. The van der Waals surface area contributed by atoms with Gasteiger partial charge in [0.2, 0.25) is 0 Å². The van der Waals surface area contributed by atoms with E-state index in [2.05, 4.69) is 10.1 Å². The van der Waals surface area contributed by atoms with Crippen LogP contribution in [0.25, 0.3) is 16.9 Å². The van der Waals surface area contributed by atoms with E-state index in [-0.39, 0.29) is 11.4 Å². The summed E-state index contributed by atoms with van der Waals surface area (Å²) < 4.78 is 14.5. The number of H-pyrrole nitrogens is 1. The molecule has 2 aromatic heterocycles. The average Bonchev–Trinajstić information content (AvgIpc) is 3.08. The number of halogens is 2. The predicted octanol–water partition coefficient (Wildman–Crippen LogP) is 4.11. The number of benzene rings is 2. The van der Waals surface area contributed by atoms with Crippen LogP contribution in [0.1, 0.15) is 11.3 Å². The van der Waals surface area contributed by atoms with E-state index in [9.17, 15) is 9.18 Å². The highest BCUT2D eigenvalue weighted by Crippen LogP contribution is 2.22. The van der Waals surface area contributed by atoms with E-state index in [0.717, 1.165) is 16.8 Å². The van der Waals surface area contributed by atoms with E-state index in [1.165, 1.54) is 22.7 Å². The van der Waals surface area contributed by atoms with E-state index >= 15 is 0 Å². The van der Waals surface area contributed by atoms with Crippen molar-refractivity contribution in [1.82, 2.24) is 19.5 Å². The quantitative estimate of drug-likeness (QED) is 0.552. The van der Waals surface area contributed by atoms with Gasteiger partial charge in [-0.15, -0.1) is 0 Å². The zero-order chi connectivity index (χ0) is 19.7. The summed E-state index contributed by atoms with van der Waals surface area (Å²) in [4.78, 5) is 19.1. The largest absolute Gasteiger partial charge is 0.296 e. The van der Waals surface area contributed by atoms with E-state index < -0.39 is 0 Å². The molecular weight excluding hydrogens is 379 g/mol. The molecular formula is C21H18ClFN4O. The number of nitrogens with zero attached hydrogens (tertiary/aromatic N) is 3. The maximum absolute atomic E-state index is 13.0. The van der Waals surface area contributed by atoms with Crippen molar-refractivity contribution in [2.24, 2.45) is 0 Å². The van der Waals surface area contributed by atoms with E-state index in [1.807, 2.05) is 36.2 Å². The fourth-order valence-electron chi connectivity index (χ4n) is 3.16. The summed E-state index contributed by atoms with van der Waals surface area (Å²) >= 11 is 6.06. The van der Waals surface area contributed by atoms with Gasteiger partial charge in [-0.3, -0.25) is 14.8 Å². The van der Waals surface area contributed by atoms with Gasteiger partial charge in [0.05, 0.1) is 11.4 Å². The SMILES string of the molecule is CN(Cc1ccc(F)cc1)Cc1cc(=O)n2[nH]c(-c3cccc(Cl)c3)cc2n1. The Balaban J connectivity index is 1.58. The Morgan fingerprint density at radius 1 is 1.11 bits per heavy atom. The van der Waals surface area contributed by atoms with Crippen molar-refractivity contribution in [3.63, 3.8) is 0 Å². The van der Waals surface area contributed by atoms with Gasteiger partial charge in [-0.2, -0.15) is 0 Å². The zero-order valence-electron chi connectivity index (χ0n) is 15.2. The minimum absolute atomic E-state index is 0.177. The molecule has 0 atom stereocenters. The standard InChI is InChI=1S/C21H18ClFN4O/c1-26(12-14-5-7-17(23)8-6-14)13-18-10-21(28)27-20(24-18)11-19(25-27)15-3-2-4-16(22)9-15/h2-11,25H,12-13H2,1H3. The van der Waals surface area contributed by atoms with Crippen LogP contribution < -0.4 is 5.56 Å². The lowest BCUT2D eigenvalue weighted by atomic mass is 10.1. The van der Waals surface area contributed by atoms with Crippen LogP contribution in [-0.4, -0.2) is 26.5 Å². The fourth-order valence-corrected chi connectivity index (χ4v) is 3.35. The lowest BCUT2D eigenvalue weighted by Gasteiger charge is -2.16. The second-order valence-electron chi connectivity index (χ2n) is 6.76. The van der Waals surface area contributed by atoms with Crippen molar-refractivity contribution in [2.45, 2.75) is 13.1 Å². The van der Waals surface area contributed by atoms with Crippen molar-refractivity contribution in [3.8, 4) is 11.3 Å². The Kier molecular flexibility index (Phi) is 4.98. The molecule has 1 N–H and O–H groups in total. The first-order chi connectivity index (χ1) is 13.5. The van der Waals surface area contributed by atoms with Crippen LogP contribution >= 0.6 is 11.6 Å². The van der Waals surface area contributed by atoms with Crippen LogP contribution in [0, 0.1) is 5.82 Å². The van der Waals surface area contributed by atoms with Crippen molar-refractivity contribution in [1.29, 1.82) is 0 Å². The molecule has 0 saturated carbocycles. The summed E-state index contributed by atoms with van der Waals surface area (Å²) in [6, 6.07) is 17.1. The fraction of sp³-hybridized carbons (Fsp3) is 0.143. The summed E-state index contributed by atoms with van der Waals surface area (Å²) in [6.45, 7) is 1.13. The van der Waals surface area contributed by atoms with E-state index in [0.29, 0.717) is 29.5 Å². The summed E-state index contributed by atoms with van der Waals surface area (Å²) in [7, 11) is 1.93. The molecule has 0 bridgehead atoms. The third-order valence-corrected chi connectivity index (χ3v) is 4.67. The lowest BCUT2D eigenvalue weighted by molar-refractivity contribution is 0.315. The molecule has 2 aromatic carbocycles. The van der Waals surface area contributed by atoms with Crippen LogP contribution in [-0.2, 0) is 13.1 Å². The first kappa shape index (κ1) is 18.4. The Morgan fingerprint density at radius 3 is 2.64 bits per heavy atom. The third-order valence-electron chi connectivity index (χ3n) is 4.44. The molecule has 142 valence electrons. The number of rotatable bonds is 5. The van der Waals surface area contributed by atoms with E-state index in [4.69, 9.17) is 11.6 Å². The first-order valence-electron chi connectivity index (χ1n) is 8.78. The molecule has 2 heterocycles. The molecule has 0 aliphatic rings. The summed E-state index contributed by atoms with van der Waals surface area (Å²) in [5.41, 5.74) is 3.69. The van der Waals surface area contributed by atoms with Gasteiger partial charge in [-0.05, 0) is 36.9 Å². The van der Waals surface area contributed by atoms with Gasteiger partial charge in [0.1, 0.15) is 5.82 Å². The van der Waals surface area contributed by atoms with Crippen LogP contribution in [0.4, 0.5) is 4.39 Å². The molecule has 28 heavy (non-hydrogen) atoms. The zero-order valence-corrected chi connectivity index (χ0v) is 15.9. The molecule has 0 aliphatic carbocycles. The van der Waals surface area contributed by atoms with Crippen LogP contribution in [0.3, 0.4) is 0 Å². The van der Waals surface area contributed by atoms with E-state index in [1.54, 1.807) is 18.2 Å². The van der Waals surface area contributed by atoms with Crippen LogP contribution in [0.5, 0.6) is 0 Å². The van der Waals surface area contributed by atoms with Gasteiger partial charge in [0.25, 0.3) is 5.56 Å². The Morgan fingerprint density at radius 2 is 1.89 bits per heavy atom. The number of fused-ring (bicyclic) bond motifs is 1. The maximum Gasteiger partial charge on any atom is 0.272 e. The molecule has 0 amide bonds. The smallest absolute Gasteiger partial charge is 0.272 e. The summed E-state index contributed by atoms with van der Waals surface area (Å²) in [5.74, 6) is -0.255. The van der Waals surface area contributed by atoms with Crippen LogP contribution in [0.15, 0.2) is 65.5 Å². The Hall–Kier alpha value is -2.96. The summed E-state index contributed by atoms with van der Waals surface area (Å²) in [5, 5.41) is 3.69. The number of hydrogen-bond acceptors (Lipinski definition) is 3. The van der Waals surface area contributed by atoms with Crippen molar-refractivity contribution in [3.05, 3.63) is 93.1 Å². The first-order valence-corrected chi connectivity index (χ1v) is 9.16. The van der Waals surface area contributed by atoms with Crippen LogP contribution in [0.2, 0.25) is 5.02 Å². The molecule has 5 nitrogen and oxygen atoms in total. The second kappa shape index (κ2) is 7.58. The number of nitrogens with one attached hydrogen (secondary N) is 1. The number of aromatic amines is 1. The monoisotopic (exact) mass is 396 g/mol. The van der Waals surface area contributed by atoms with Gasteiger partial charge in [0.15, 0.2) is 5.65 Å². The number of hydrogen-bond donors (Lipinski definition) is 1. The van der Waals surface area contributed by atoms with Gasteiger partial charge >= 0.3 is 0 Å². The molecule has 0 aliphatic heterocycles. The summed E-state index contributed by atoms with van der Waals surface area (Å²) in [6.07, 6.45) is 0. The molecule has 0 radical (unpaired) electrons. The Bertz CT molecular complexity index is 1180. The normalized spacial score (nSPS) is 11.4. The average molecular weight is 397 g/mol. The molecule has 7 heteroatoms. The van der Waals surface area contributed by atoms with Crippen molar-refractivity contribution >= 4 is 17.2 Å². The second-order valence-corrected chi connectivity index (χ2v) is 7.19. The number of aromatic nitrogens is 3. The highest BCUT2D eigenvalue weighted by atomic mass is 35.5. The Labute approximate surface area is 166 Å². The molecule has 0 unspecified atom stereocenters. The van der Waals surface area contributed by atoms with Gasteiger partial charge in [0, 0.05) is 35.8 Å². The van der Waals surface area contributed by atoms with Crippen molar-refractivity contribution < 1.29 is 4.39 Å². The molecule has 0 fully saturated rings.